The zero-order valence-corrected chi connectivity index (χ0v) is 15.4. The van der Waals surface area contributed by atoms with Crippen LogP contribution in [0.1, 0.15) is 25.8 Å². The van der Waals surface area contributed by atoms with Gasteiger partial charge in [-0.2, -0.15) is 0 Å². The van der Waals surface area contributed by atoms with Gasteiger partial charge in [-0.3, -0.25) is 0 Å². The van der Waals surface area contributed by atoms with Crippen LogP contribution < -0.4 is 11.1 Å². The standard InChI is InChI=1S/C21H25F2N3/c1-6-13(2)11-17-12-16(9-10-26(17)15(4)14(3)25-5)20-18(22)7-8-19(24)21(20)23/h7-13,25H,3-4,6,24H2,1-2,5H3/b17-11-. The van der Waals surface area contributed by atoms with Crippen LogP contribution in [0.25, 0.3) is 5.57 Å². The Hall–Kier alpha value is -2.82. The molecule has 0 aliphatic carbocycles. The first-order valence-electron chi connectivity index (χ1n) is 8.50. The molecule has 0 fully saturated rings. The zero-order chi connectivity index (χ0) is 19.4. The van der Waals surface area contributed by atoms with Gasteiger partial charge in [0.05, 0.1) is 22.6 Å². The Balaban J connectivity index is 2.55. The number of benzene rings is 1. The van der Waals surface area contributed by atoms with Crippen LogP contribution in [0.3, 0.4) is 0 Å². The van der Waals surface area contributed by atoms with Gasteiger partial charge in [0.15, 0.2) is 5.82 Å². The normalized spacial score (nSPS) is 16.4. The molecule has 0 amide bonds. The van der Waals surface area contributed by atoms with Crippen molar-refractivity contribution >= 4 is 11.3 Å². The Bertz CT molecular complexity index is 819. The Labute approximate surface area is 153 Å². The molecule has 0 saturated heterocycles. The lowest BCUT2D eigenvalue weighted by Gasteiger charge is -2.29. The van der Waals surface area contributed by atoms with E-state index in [4.69, 9.17) is 5.73 Å². The highest BCUT2D eigenvalue weighted by Gasteiger charge is 2.21. The van der Waals surface area contributed by atoms with E-state index >= 15 is 0 Å². The minimum atomic E-state index is -0.754. The summed E-state index contributed by atoms with van der Waals surface area (Å²) in [4.78, 5) is 1.84. The summed E-state index contributed by atoms with van der Waals surface area (Å²) < 4.78 is 28.7. The van der Waals surface area contributed by atoms with Crippen molar-refractivity contribution in [3.8, 4) is 0 Å². The molecule has 138 valence electrons. The molecule has 1 aliphatic heterocycles. The van der Waals surface area contributed by atoms with Crippen molar-refractivity contribution in [1.82, 2.24) is 10.2 Å². The van der Waals surface area contributed by atoms with Gasteiger partial charge in [0.2, 0.25) is 0 Å². The predicted octanol–water partition coefficient (Wildman–Crippen LogP) is 4.94. The summed E-state index contributed by atoms with van der Waals surface area (Å²) in [5, 5.41) is 2.96. The fraction of sp³-hybridized carbons (Fsp3) is 0.238. The maximum atomic E-state index is 14.4. The summed E-state index contributed by atoms with van der Waals surface area (Å²) in [5.41, 5.74) is 7.90. The topological polar surface area (TPSA) is 41.3 Å². The first kappa shape index (κ1) is 19.5. The van der Waals surface area contributed by atoms with E-state index in [1.165, 1.54) is 12.1 Å². The molecule has 1 aromatic carbocycles. The summed E-state index contributed by atoms with van der Waals surface area (Å²) in [6.07, 6.45) is 8.09. The Morgan fingerprint density at radius 3 is 2.65 bits per heavy atom. The monoisotopic (exact) mass is 357 g/mol. The number of allylic oxidation sites excluding steroid dienone is 4. The van der Waals surface area contributed by atoms with Gasteiger partial charge in [0.1, 0.15) is 5.82 Å². The summed E-state index contributed by atoms with van der Waals surface area (Å²) in [5.74, 6) is -1.12. The smallest absolute Gasteiger partial charge is 0.156 e. The van der Waals surface area contributed by atoms with Crippen molar-refractivity contribution in [3.05, 3.63) is 84.0 Å². The van der Waals surface area contributed by atoms with Gasteiger partial charge in [0, 0.05) is 18.9 Å². The number of nitrogens with zero attached hydrogens (tertiary/aromatic N) is 1. The summed E-state index contributed by atoms with van der Waals surface area (Å²) in [7, 11) is 1.76. The largest absolute Gasteiger partial charge is 0.396 e. The predicted molar refractivity (Wildman–Crippen MR) is 105 cm³/mol. The molecule has 1 unspecified atom stereocenters. The molecule has 0 aromatic heterocycles. The van der Waals surface area contributed by atoms with Gasteiger partial charge in [-0.15, -0.1) is 0 Å². The van der Waals surface area contributed by atoms with Gasteiger partial charge < -0.3 is 16.0 Å². The highest BCUT2D eigenvalue weighted by atomic mass is 19.1. The van der Waals surface area contributed by atoms with Crippen molar-refractivity contribution in [2.75, 3.05) is 12.8 Å². The van der Waals surface area contributed by atoms with Crippen LogP contribution in [-0.4, -0.2) is 11.9 Å². The van der Waals surface area contributed by atoms with Crippen molar-refractivity contribution in [3.63, 3.8) is 0 Å². The van der Waals surface area contributed by atoms with Crippen molar-refractivity contribution in [2.45, 2.75) is 20.3 Å². The van der Waals surface area contributed by atoms with Gasteiger partial charge in [0.25, 0.3) is 0 Å². The third kappa shape index (κ3) is 3.87. The lowest BCUT2D eigenvalue weighted by Crippen LogP contribution is -2.23. The third-order valence-electron chi connectivity index (χ3n) is 4.43. The molecule has 1 atom stereocenters. The zero-order valence-electron chi connectivity index (χ0n) is 15.4. The molecule has 1 aliphatic rings. The number of rotatable bonds is 6. The number of hydrogen-bond donors (Lipinski definition) is 2. The highest BCUT2D eigenvalue weighted by molar-refractivity contribution is 5.80. The fourth-order valence-corrected chi connectivity index (χ4v) is 2.58. The lowest BCUT2D eigenvalue weighted by atomic mass is 9.98. The fourth-order valence-electron chi connectivity index (χ4n) is 2.58. The average Bonchev–Trinajstić information content (AvgIpc) is 2.64. The maximum absolute atomic E-state index is 14.4. The molecule has 0 saturated carbocycles. The Kier molecular flexibility index (Phi) is 6.03. The third-order valence-corrected chi connectivity index (χ3v) is 4.43. The van der Waals surface area contributed by atoms with Gasteiger partial charge in [-0.05, 0) is 35.8 Å². The van der Waals surface area contributed by atoms with E-state index in [1.807, 2.05) is 11.0 Å². The number of nitrogens with two attached hydrogens (primary N) is 1. The lowest BCUT2D eigenvalue weighted by molar-refractivity contribution is 0.567. The van der Waals surface area contributed by atoms with E-state index < -0.39 is 11.6 Å². The van der Waals surface area contributed by atoms with Crippen molar-refractivity contribution < 1.29 is 8.78 Å². The SMILES string of the molecule is C=C(NC)C(=C)N1C=CC(c2c(F)ccc(N)c2F)=C/C1=C/C(C)CC. The number of anilines is 1. The molecule has 0 radical (unpaired) electrons. The van der Waals surface area contributed by atoms with E-state index in [1.54, 1.807) is 25.4 Å². The maximum Gasteiger partial charge on any atom is 0.156 e. The highest BCUT2D eigenvalue weighted by Crippen LogP contribution is 2.33. The van der Waals surface area contributed by atoms with Gasteiger partial charge in [-0.1, -0.05) is 39.5 Å². The van der Waals surface area contributed by atoms with Crippen LogP contribution in [0.5, 0.6) is 0 Å². The van der Waals surface area contributed by atoms with Crippen LogP contribution in [0.4, 0.5) is 14.5 Å². The quantitative estimate of drug-likeness (QED) is 0.560. The van der Waals surface area contributed by atoms with E-state index in [2.05, 4.69) is 32.3 Å². The minimum Gasteiger partial charge on any atom is -0.396 e. The first-order valence-corrected chi connectivity index (χ1v) is 8.50. The molecule has 2 rings (SSSR count). The second-order valence-electron chi connectivity index (χ2n) is 6.26. The molecular formula is C21H25F2N3. The van der Waals surface area contributed by atoms with E-state index in [0.717, 1.165) is 12.1 Å². The molecule has 0 spiro atoms. The van der Waals surface area contributed by atoms with Gasteiger partial charge in [-0.25, -0.2) is 8.78 Å². The van der Waals surface area contributed by atoms with E-state index in [9.17, 15) is 8.78 Å². The second kappa shape index (κ2) is 8.04. The molecule has 5 heteroatoms. The minimum absolute atomic E-state index is 0.0847. The molecule has 3 N–H and O–H groups in total. The number of nitrogen functional groups attached to an aromatic ring is 1. The van der Waals surface area contributed by atoms with Gasteiger partial charge >= 0.3 is 0 Å². The molecule has 26 heavy (non-hydrogen) atoms. The number of halogens is 2. The summed E-state index contributed by atoms with van der Waals surface area (Å²) in [6.45, 7) is 12.1. The van der Waals surface area contributed by atoms with Crippen LogP contribution in [-0.2, 0) is 0 Å². The first-order chi connectivity index (χ1) is 12.3. The summed E-state index contributed by atoms with van der Waals surface area (Å²) in [6, 6.07) is 2.40. The second-order valence-corrected chi connectivity index (χ2v) is 6.26. The molecular weight excluding hydrogens is 332 g/mol. The number of hydrogen-bond acceptors (Lipinski definition) is 3. The molecule has 3 nitrogen and oxygen atoms in total. The molecule has 1 aromatic rings. The van der Waals surface area contributed by atoms with E-state index in [0.29, 0.717) is 17.0 Å². The van der Waals surface area contributed by atoms with Crippen LogP contribution in [0.15, 0.2) is 66.8 Å². The number of likely N-dealkylation sites (N-methyl/N-ethyl adjacent to an activating group) is 1. The Morgan fingerprint density at radius 2 is 2.04 bits per heavy atom. The van der Waals surface area contributed by atoms with Crippen LogP contribution in [0.2, 0.25) is 0 Å². The summed E-state index contributed by atoms with van der Waals surface area (Å²) >= 11 is 0. The average molecular weight is 357 g/mol. The van der Waals surface area contributed by atoms with Crippen molar-refractivity contribution in [2.24, 2.45) is 5.92 Å². The van der Waals surface area contributed by atoms with Crippen molar-refractivity contribution in [1.29, 1.82) is 0 Å². The Morgan fingerprint density at radius 1 is 1.35 bits per heavy atom. The molecule has 0 bridgehead atoms. The van der Waals surface area contributed by atoms with Crippen LogP contribution in [0, 0.1) is 17.6 Å². The molecule has 1 heterocycles. The van der Waals surface area contributed by atoms with Crippen LogP contribution >= 0.6 is 0 Å². The number of nitrogens with one attached hydrogen (secondary N) is 1. The van der Waals surface area contributed by atoms with E-state index in [-0.39, 0.29) is 17.2 Å².